The number of hydrogen-bond donors (Lipinski definition) is 0. The Kier molecular flexibility index (Phi) is 1.13. The summed E-state index contributed by atoms with van der Waals surface area (Å²) >= 11 is 0. The van der Waals surface area contributed by atoms with Gasteiger partial charge >= 0.3 is 0 Å². The maximum Gasteiger partial charge on any atom is 0.130 e. The maximum absolute atomic E-state index is 5.22. The second-order valence-corrected chi connectivity index (χ2v) is 2.01. The molecule has 0 unspecified atom stereocenters. The maximum atomic E-state index is 5.22. The Morgan fingerprint density at radius 3 is 3.40 bits per heavy atom. The standard InChI is InChI=1S/C7H6N2O/c1-3-8-9-5-6-2-4-10-7(1)6/h1-3,5H,4H2. The first-order chi connectivity index (χ1) is 4.97. The summed E-state index contributed by atoms with van der Waals surface area (Å²) in [5.74, 6) is 0.866. The molecular weight excluding hydrogens is 128 g/mol. The second-order valence-electron chi connectivity index (χ2n) is 2.01. The second kappa shape index (κ2) is 2.10. The minimum absolute atomic E-state index is 0.654. The summed E-state index contributed by atoms with van der Waals surface area (Å²) in [5, 5.41) is 7.46. The molecule has 0 spiro atoms. The van der Waals surface area contributed by atoms with Crippen molar-refractivity contribution >= 4 is 12.4 Å². The molecule has 0 fully saturated rings. The van der Waals surface area contributed by atoms with Crippen molar-refractivity contribution < 1.29 is 4.74 Å². The van der Waals surface area contributed by atoms with Crippen molar-refractivity contribution in [3.8, 4) is 0 Å². The van der Waals surface area contributed by atoms with Crippen LogP contribution in [0.1, 0.15) is 0 Å². The van der Waals surface area contributed by atoms with Crippen LogP contribution in [0.3, 0.4) is 0 Å². The Hall–Kier alpha value is -1.38. The number of allylic oxidation sites excluding steroid dienone is 2. The van der Waals surface area contributed by atoms with E-state index >= 15 is 0 Å². The lowest BCUT2D eigenvalue weighted by Crippen LogP contribution is -1.85. The van der Waals surface area contributed by atoms with Crippen molar-refractivity contribution in [1.29, 1.82) is 0 Å². The Bertz CT molecular complexity index is 261. The number of ether oxygens (including phenoxy) is 1. The van der Waals surface area contributed by atoms with Gasteiger partial charge in [0.25, 0.3) is 0 Å². The van der Waals surface area contributed by atoms with Gasteiger partial charge in [0.05, 0.1) is 12.4 Å². The fourth-order valence-electron chi connectivity index (χ4n) is 0.901. The minimum Gasteiger partial charge on any atom is -0.489 e. The Balaban J connectivity index is 2.42. The number of fused-ring (bicyclic) bond motifs is 1. The van der Waals surface area contributed by atoms with Gasteiger partial charge in [-0.15, -0.1) is 0 Å². The van der Waals surface area contributed by atoms with E-state index < -0.39 is 0 Å². The smallest absolute Gasteiger partial charge is 0.130 e. The molecule has 50 valence electrons. The normalized spacial score (nSPS) is 20.8. The van der Waals surface area contributed by atoms with Crippen LogP contribution in [0.5, 0.6) is 0 Å². The van der Waals surface area contributed by atoms with E-state index in [9.17, 15) is 0 Å². The van der Waals surface area contributed by atoms with E-state index in [4.69, 9.17) is 4.74 Å². The monoisotopic (exact) mass is 134 g/mol. The largest absolute Gasteiger partial charge is 0.489 e. The molecule has 2 aliphatic rings. The number of nitrogens with zero attached hydrogens (tertiary/aromatic N) is 2. The molecular formula is C7H6N2O. The van der Waals surface area contributed by atoms with Crippen LogP contribution in [-0.2, 0) is 4.74 Å². The Morgan fingerprint density at radius 2 is 2.40 bits per heavy atom. The Morgan fingerprint density at radius 1 is 1.40 bits per heavy atom. The SMILES string of the molecule is C1=NN=CC2=CCOC2=C1. The Labute approximate surface area is 58.4 Å². The topological polar surface area (TPSA) is 34.0 Å². The van der Waals surface area contributed by atoms with Crippen LogP contribution < -0.4 is 0 Å². The highest BCUT2D eigenvalue weighted by molar-refractivity contribution is 5.89. The average Bonchev–Trinajstić information content (AvgIpc) is 2.28. The van der Waals surface area contributed by atoms with Crippen LogP contribution in [0.15, 0.2) is 33.7 Å². The van der Waals surface area contributed by atoms with E-state index in [-0.39, 0.29) is 0 Å². The fourth-order valence-corrected chi connectivity index (χ4v) is 0.901. The molecule has 0 aliphatic carbocycles. The highest BCUT2D eigenvalue weighted by Crippen LogP contribution is 2.16. The van der Waals surface area contributed by atoms with Crippen molar-refractivity contribution in [2.24, 2.45) is 10.2 Å². The third kappa shape index (κ3) is 0.757. The summed E-state index contributed by atoms with van der Waals surface area (Å²) in [7, 11) is 0. The zero-order valence-electron chi connectivity index (χ0n) is 5.32. The van der Waals surface area contributed by atoms with E-state index in [0.717, 1.165) is 11.3 Å². The zero-order valence-corrected chi connectivity index (χ0v) is 5.32. The summed E-state index contributed by atoms with van der Waals surface area (Å²) in [5.41, 5.74) is 1.03. The molecule has 2 rings (SSSR count). The average molecular weight is 134 g/mol. The van der Waals surface area contributed by atoms with Crippen LogP contribution in [0.25, 0.3) is 0 Å². The van der Waals surface area contributed by atoms with E-state index in [1.807, 2.05) is 12.2 Å². The summed E-state index contributed by atoms with van der Waals surface area (Å²) < 4.78 is 5.22. The van der Waals surface area contributed by atoms with Crippen molar-refractivity contribution in [3.05, 3.63) is 23.5 Å². The van der Waals surface area contributed by atoms with Crippen molar-refractivity contribution in [3.63, 3.8) is 0 Å². The van der Waals surface area contributed by atoms with Crippen LogP contribution in [0, 0.1) is 0 Å². The molecule has 0 saturated carbocycles. The third-order valence-corrected chi connectivity index (χ3v) is 1.38. The molecule has 0 saturated heterocycles. The molecule has 10 heavy (non-hydrogen) atoms. The van der Waals surface area contributed by atoms with Gasteiger partial charge in [0.1, 0.15) is 12.4 Å². The van der Waals surface area contributed by atoms with Crippen LogP contribution in [0.2, 0.25) is 0 Å². The molecule has 2 aliphatic heterocycles. The first-order valence-electron chi connectivity index (χ1n) is 3.07. The molecule has 0 amide bonds. The fraction of sp³-hybridized carbons (Fsp3) is 0.143. The molecule has 0 bridgehead atoms. The van der Waals surface area contributed by atoms with Gasteiger partial charge < -0.3 is 4.74 Å². The molecule has 0 aromatic heterocycles. The van der Waals surface area contributed by atoms with Crippen LogP contribution >= 0.6 is 0 Å². The number of rotatable bonds is 0. The summed E-state index contributed by atoms with van der Waals surface area (Å²) in [6.45, 7) is 0.654. The van der Waals surface area contributed by atoms with Crippen LogP contribution in [-0.4, -0.2) is 19.0 Å². The zero-order chi connectivity index (χ0) is 6.81. The minimum atomic E-state index is 0.654. The molecule has 3 heteroatoms. The highest BCUT2D eigenvalue weighted by Gasteiger charge is 2.10. The molecule has 0 aromatic carbocycles. The van der Waals surface area contributed by atoms with Crippen molar-refractivity contribution in [2.75, 3.05) is 6.61 Å². The molecule has 0 aromatic rings. The van der Waals surface area contributed by atoms with Crippen LogP contribution in [0.4, 0.5) is 0 Å². The lowest BCUT2D eigenvalue weighted by molar-refractivity contribution is 0.278. The van der Waals surface area contributed by atoms with E-state index in [2.05, 4.69) is 10.2 Å². The molecule has 0 radical (unpaired) electrons. The molecule has 0 N–H and O–H groups in total. The van der Waals surface area contributed by atoms with E-state index in [1.165, 1.54) is 0 Å². The van der Waals surface area contributed by atoms with Gasteiger partial charge in [-0.25, -0.2) is 0 Å². The lowest BCUT2D eigenvalue weighted by atomic mass is 10.2. The van der Waals surface area contributed by atoms with E-state index in [0.29, 0.717) is 6.61 Å². The third-order valence-electron chi connectivity index (χ3n) is 1.38. The van der Waals surface area contributed by atoms with E-state index in [1.54, 1.807) is 12.4 Å². The first-order valence-corrected chi connectivity index (χ1v) is 3.07. The van der Waals surface area contributed by atoms with Gasteiger partial charge in [-0.3, -0.25) is 0 Å². The van der Waals surface area contributed by atoms with Crippen molar-refractivity contribution in [1.82, 2.24) is 0 Å². The summed E-state index contributed by atoms with van der Waals surface area (Å²) in [6.07, 6.45) is 7.11. The van der Waals surface area contributed by atoms with Crippen molar-refractivity contribution in [2.45, 2.75) is 0 Å². The molecule has 2 heterocycles. The van der Waals surface area contributed by atoms with Gasteiger partial charge in [0.2, 0.25) is 0 Å². The van der Waals surface area contributed by atoms with Gasteiger partial charge in [0, 0.05) is 11.6 Å². The molecule has 3 nitrogen and oxygen atoms in total. The lowest BCUT2D eigenvalue weighted by Gasteiger charge is -1.95. The predicted molar refractivity (Wildman–Crippen MR) is 39.1 cm³/mol. The summed E-state index contributed by atoms with van der Waals surface area (Å²) in [6, 6.07) is 0. The summed E-state index contributed by atoms with van der Waals surface area (Å²) in [4.78, 5) is 0. The van der Waals surface area contributed by atoms with Gasteiger partial charge in [0.15, 0.2) is 0 Å². The number of hydrogen-bond acceptors (Lipinski definition) is 3. The molecule has 0 atom stereocenters. The van der Waals surface area contributed by atoms with Gasteiger partial charge in [-0.2, -0.15) is 10.2 Å². The first kappa shape index (κ1) is 5.41. The van der Waals surface area contributed by atoms with Gasteiger partial charge in [-0.05, 0) is 6.08 Å². The highest BCUT2D eigenvalue weighted by atomic mass is 16.5. The van der Waals surface area contributed by atoms with Gasteiger partial charge in [-0.1, -0.05) is 0 Å². The predicted octanol–water partition coefficient (Wildman–Crippen LogP) is 0.897. The quantitative estimate of drug-likeness (QED) is 0.484.